The highest BCUT2D eigenvalue weighted by Gasteiger charge is 2.22. The molecule has 0 aliphatic carbocycles. The molecule has 0 spiro atoms. The third-order valence-electron chi connectivity index (χ3n) is 3.25. The molecule has 0 fully saturated rings. The molecule has 0 aromatic carbocycles. The molecule has 0 saturated heterocycles. The molecule has 2 atom stereocenters. The topological polar surface area (TPSA) is 68.6 Å². The molecular weight excluding hydrogens is 312 g/mol. The van der Waals surface area contributed by atoms with Crippen LogP contribution < -0.4 is 0 Å². The second-order valence-electron chi connectivity index (χ2n) is 5.50. The van der Waals surface area contributed by atoms with Crippen LogP contribution in [-0.4, -0.2) is 43.5 Å². The van der Waals surface area contributed by atoms with Gasteiger partial charge in [0.05, 0.1) is 23.5 Å². The molecule has 1 unspecified atom stereocenters. The van der Waals surface area contributed by atoms with Crippen LogP contribution in [0.4, 0.5) is 0 Å². The lowest BCUT2D eigenvalue weighted by molar-refractivity contribution is 0.202. The van der Waals surface area contributed by atoms with Gasteiger partial charge in [0.15, 0.2) is 0 Å². The Morgan fingerprint density at radius 2 is 2.24 bits per heavy atom. The Hall–Kier alpha value is -1.14. The highest BCUT2D eigenvalue weighted by Crippen LogP contribution is 2.23. The fourth-order valence-corrected chi connectivity index (χ4v) is 3.13. The van der Waals surface area contributed by atoms with Crippen LogP contribution in [0, 0.1) is 0 Å². The first kappa shape index (κ1) is 16.2. The number of hydrogen-bond acceptors (Lipinski definition) is 5. The van der Waals surface area contributed by atoms with Gasteiger partial charge in [0, 0.05) is 12.5 Å². The minimum Gasteiger partial charge on any atom is -0.474 e. The van der Waals surface area contributed by atoms with Gasteiger partial charge in [-0.2, -0.15) is 0 Å². The van der Waals surface area contributed by atoms with Crippen molar-refractivity contribution >= 4 is 27.3 Å². The van der Waals surface area contributed by atoms with Crippen molar-refractivity contribution in [2.75, 3.05) is 12.0 Å². The molecule has 116 valence electrons. The second-order valence-corrected chi connectivity index (χ2v) is 8.15. The van der Waals surface area contributed by atoms with E-state index in [2.05, 4.69) is 9.98 Å². The summed E-state index contributed by atoms with van der Waals surface area (Å²) in [6.07, 6.45) is 3.88. The van der Waals surface area contributed by atoms with Crippen LogP contribution in [0.1, 0.15) is 31.4 Å². The predicted molar refractivity (Wildman–Crippen MR) is 83.8 cm³/mol. The molecule has 0 amide bonds. The molecule has 1 aliphatic rings. The van der Waals surface area contributed by atoms with Crippen molar-refractivity contribution in [1.82, 2.24) is 4.98 Å². The van der Waals surface area contributed by atoms with Gasteiger partial charge in [0.2, 0.25) is 5.90 Å². The number of nitrogens with zero attached hydrogens (tertiary/aromatic N) is 2. The van der Waals surface area contributed by atoms with Crippen molar-refractivity contribution in [3.8, 4) is 0 Å². The molecule has 1 aromatic rings. The molecular formula is C14H19ClN2O3S. The van der Waals surface area contributed by atoms with Crippen LogP contribution in [0.15, 0.2) is 17.3 Å². The van der Waals surface area contributed by atoms with Gasteiger partial charge in [-0.3, -0.25) is 0 Å². The first-order valence-electron chi connectivity index (χ1n) is 6.81. The second kappa shape index (κ2) is 6.32. The summed E-state index contributed by atoms with van der Waals surface area (Å²) in [4.78, 5) is 8.57. The molecule has 1 aliphatic heterocycles. The van der Waals surface area contributed by atoms with Gasteiger partial charge in [-0.05, 0) is 38.3 Å². The Morgan fingerprint density at radius 1 is 1.52 bits per heavy atom. The number of halogens is 1. The number of hydrogen-bond donors (Lipinski definition) is 0. The van der Waals surface area contributed by atoms with Crippen LogP contribution in [-0.2, 0) is 21.0 Å². The Morgan fingerprint density at radius 3 is 2.90 bits per heavy atom. The largest absolute Gasteiger partial charge is 0.474 e. The van der Waals surface area contributed by atoms with Gasteiger partial charge in [0.1, 0.15) is 15.0 Å². The average Bonchev–Trinajstić information content (AvgIpc) is 2.34. The summed E-state index contributed by atoms with van der Waals surface area (Å²) >= 11 is 5.92. The summed E-state index contributed by atoms with van der Waals surface area (Å²) in [5.74, 6) is 0.622. The molecule has 5 nitrogen and oxygen atoms in total. The van der Waals surface area contributed by atoms with Crippen LogP contribution >= 0.6 is 11.6 Å². The van der Waals surface area contributed by atoms with Gasteiger partial charge in [0.25, 0.3) is 0 Å². The van der Waals surface area contributed by atoms with E-state index in [-0.39, 0.29) is 17.9 Å². The van der Waals surface area contributed by atoms with Gasteiger partial charge in [-0.15, -0.1) is 0 Å². The van der Waals surface area contributed by atoms with E-state index in [1.165, 1.54) is 6.26 Å². The molecule has 0 bridgehead atoms. The maximum atomic E-state index is 11.2. The quantitative estimate of drug-likeness (QED) is 0.794. The van der Waals surface area contributed by atoms with E-state index in [1.807, 2.05) is 19.9 Å². The van der Waals surface area contributed by atoms with E-state index in [0.717, 1.165) is 17.5 Å². The lowest BCUT2D eigenvalue weighted by Gasteiger charge is -2.23. The Balaban J connectivity index is 2.12. The van der Waals surface area contributed by atoms with Crippen LogP contribution in [0.3, 0.4) is 0 Å². The molecule has 7 heteroatoms. The van der Waals surface area contributed by atoms with Gasteiger partial charge in [-0.25, -0.2) is 18.4 Å². The zero-order valence-electron chi connectivity index (χ0n) is 12.3. The highest BCUT2D eigenvalue weighted by atomic mass is 35.5. The lowest BCUT2D eigenvalue weighted by Crippen LogP contribution is -2.25. The molecule has 0 N–H and O–H groups in total. The van der Waals surface area contributed by atoms with Crippen molar-refractivity contribution in [2.24, 2.45) is 4.99 Å². The fourth-order valence-electron chi connectivity index (χ4n) is 2.19. The maximum Gasteiger partial charge on any atom is 0.218 e. The molecule has 0 radical (unpaired) electrons. The number of aromatic nitrogens is 1. The van der Waals surface area contributed by atoms with Crippen LogP contribution in [0.5, 0.6) is 0 Å². The smallest absolute Gasteiger partial charge is 0.218 e. The van der Waals surface area contributed by atoms with E-state index >= 15 is 0 Å². The van der Waals surface area contributed by atoms with Gasteiger partial charge < -0.3 is 4.74 Å². The first-order chi connectivity index (χ1) is 9.74. The van der Waals surface area contributed by atoms with Crippen LogP contribution in [0.25, 0.3) is 0 Å². The molecule has 2 rings (SSSR count). The Bertz CT molecular complexity index is 658. The third-order valence-corrected chi connectivity index (χ3v) is 4.43. The summed E-state index contributed by atoms with van der Waals surface area (Å²) in [7, 11) is -2.99. The zero-order valence-corrected chi connectivity index (χ0v) is 13.9. The van der Waals surface area contributed by atoms with E-state index in [0.29, 0.717) is 17.5 Å². The summed E-state index contributed by atoms with van der Waals surface area (Å²) < 4.78 is 28.2. The van der Waals surface area contributed by atoms with E-state index in [4.69, 9.17) is 16.3 Å². The van der Waals surface area contributed by atoms with E-state index in [9.17, 15) is 8.42 Å². The zero-order chi connectivity index (χ0) is 15.6. The third kappa shape index (κ3) is 4.68. The fraction of sp³-hybridized carbons (Fsp3) is 0.571. The Kier molecular flexibility index (Phi) is 4.88. The molecule has 0 saturated carbocycles. The standard InChI is InChI=1S/C14H19ClN2O3S/c1-9-6-11-7-13(15)16-8-12(11)14(17-9)20-10(2)4-5-21(3,18)19/h7-10H,4-6H2,1-3H3/t9?,10-/m1/s1. The van der Waals surface area contributed by atoms with Crippen molar-refractivity contribution in [3.63, 3.8) is 0 Å². The molecule has 1 aromatic heterocycles. The van der Waals surface area contributed by atoms with E-state index in [1.54, 1.807) is 6.20 Å². The Labute approximate surface area is 130 Å². The molecule has 21 heavy (non-hydrogen) atoms. The monoisotopic (exact) mass is 330 g/mol. The average molecular weight is 331 g/mol. The van der Waals surface area contributed by atoms with Gasteiger partial charge >= 0.3 is 0 Å². The van der Waals surface area contributed by atoms with Crippen molar-refractivity contribution in [3.05, 3.63) is 28.5 Å². The van der Waals surface area contributed by atoms with E-state index < -0.39 is 9.84 Å². The number of aliphatic imine (C=N–C) groups is 1. The number of fused-ring (bicyclic) bond motifs is 1. The highest BCUT2D eigenvalue weighted by molar-refractivity contribution is 7.90. The number of rotatable bonds is 4. The predicted octanol–water partition coefficient (Wildman–Crippen LogP) is 2.27. The minimum atomic E-state index is -2.99. The number of sulfone groups is 1. The van der Waals surface area contributed by atoms with Gasteiger partial charge in [-0.1, -0.05) is 11.6 Å². The lowest BCUT2D eigenvalue weighted by atomic mass is 10.00. The minimum absolute atomic E-state index is 0.0999. The van der Waals surface area contributed by atoms with Crippen molar-refractivity contribution in [2.45, 2.75) is 38.8 Å². The summed E-state index contributed by atoms with van der Waals surface area (Å²) in [6, 6.07) is 1.93. The molecule has 2 heterocycles. The van der Waals surface area contributed by atoms with Crippen LogP contribution in [0.2, 0.25) is 5.15 Å². The first-order valence-corrected chi connectivity index (χ1v) is 9.25. The normalized spacial score (nSPS) is 19.6. The maximum absolute atomic E-state index is 11.2. The number of ether oxygens (including phenoxy) is 1. The SMILES string of the molecule is CC1Cc2cc(Cl)ncc2C(O[C@H](C)CCS(C)(=O)=O)=N1. The number of pyridine rings is 1. The summed E-state index contributed by atoms with van der Waals surface area (Å²) in [6.45, 7) is 3.85. The summed E-state index contributed by atoms with van der Waals surface area (Å²) in [5.41, 5.74) is 1.89. The van der Waals surface area contributed by atoms with Crippen molar-refractivity contribution in [1.29, 1.82) is 0 Å². The van der Waals surface area contributed by atoms with Crippen molar-refractivity contribution < 1.29 is 13.2 Å². The summed E-state index contributed by atoms with van der Waals surface area (Å²) in [5, 5.41) is 0.451.